The van der Waals surface area contributed by atoms with Gasteiger partial charge in [0.15, 0.2) is 0 Å². The Hall–Kier alpha value is -2.83. The predicted octanol–water partition coefficient (Wildman–Crippen LogP) is 6.47. The zero-order valence-electron chi connectivity index (χ0n) is 19.5. The minimum Gasteiger partial charge on any atom is -0.493 e. The second kappa shape index (κ2) is 11.3. The van der Waals surface area contributed by atoms with Crippen molar-refractivity contribution in [3.05, 3.63) is 71.8 Å². The van der Waals surface area contributed by atoms with E-state index >= 15 is 0 Å². The van der Waals surface area contributed by atoms with Crippen molar-refractivity contribution < 1.29 is 22.4 Å². The van der Waals surface area contributed by atoms with Gasteiger partial charge in [-0.3, -0.25) is 4.55 Å². The van der Waals surface area contributed by atoms with Crippen molar-refractivity contribution in [2.45, 2.75) is 40.0 Å². The van der Waals surface area contributed by atoms with Crippen LogP contribution >= 0.6 is 0 Å². The number of benzene rings is 3. The van der Waals surface area contributed by atoms with Gasteiger partial charge in [0.25, 0.3) is 10.1 Å². The Labute approximate surface area is 197 Å². The fraction of sp³-hybridized carbons (Fsp3) is 0.333. The summed E-state index contributed by atoms with van der Waals surface area (Å²) in [5.74, 6) is 1.14. The van der Waals surface area contributed by atoms with Crippen LogP contribution in [0.25, 0.3) is 22.3 Å². The third-order valence-electron chi connectivity index (χ3n) is 5.42. The van der Waals surface area contributed by atoms with Crippen molar-refractivity contribution >= 4 is 10.1 Å². The molecule has 0 saturated carbocycles. The van der Waals surface area contributed by atoms with E-state index < -0.39 is 10.1 Å². The highest BCUT2D eigenvalue weighted by Gasteiger charge is 2.13. The molecule has 0 spiro atoms. The Morgan fingerprint density at radius 2 is 1.30 bits per heavy atom. The summed E-state index contributed by atoms with van der Waals surface area (Å²) in [6, 6.07) is 20.6. The second-order valence-electron chi connectivity index (χ2n) is 8.25. The first-order chi connectivity index (χ1) is 15.8. The van der Waals surface area contributed by atoms with Gasteiger partial charge in [-0.05, 0) is 61.1 Å². The van der Waals surface area contributed by atoms with Crippen LogP contribution in [0.2, 0.25) is 0 Å². The smallest absolute Gasteiger partial charge is 0.264 e. The summed E-state index contributed by atoms with van der Waals surface area (Å²) in [5.41, 5.74) is 6.32. The highest BCUT2D eigenvalue weighted by molar-refractivity contribution is 7.85. The average Bonchev–Trinajstić information content (AvgIpc) is 2.78. The summed E-state index contributed by atoms with van der Waals surface area (Å²) in [6.07, 6.45) is 2.24. The van der Waals surface area contributed by atoms with Gasteiger partial charge >= 0.3 is 0 Å². The Kier molecular flexibility index (Phi) is 8.53. The molecule has 0 fully saturated rings. The molecular formula is C27H32O5S. The lowest BCUT2D eigenvalue weighted by Gasteiger charge is -2.17. The molecule has 0 aliphatic heterocycles. The molecule has 3 aromatic rings. The minimum atomic E-state index is -4.00. The van der Waals surface area contributed by atoms with Crippen LogP contribution in [0.1, 0.15) is 37.3 Å². The number of ether oxygens (including phenoxy) is 2. The van der Waals surface area contributed by atoms with Crippen molar-refractivity contribution in [2.75, 3.05) is 19.0 Å². The van der Waals surface area contributed by atoms with Crippen LogP contribution in [0, 0.1) is 13.8 Å². The average molecular weight is 469 g/mol. The van der Waals surface area contributed by atoms with E-state index in [1.807, 2.05) is 19.1 Å². The van der Waals surface area contributed by atoms with Gasteiger partial charge in [-0.2, -0.15) is 8.42 Å². The molecule has 0 unspecified atom stereocenters. The molecule has 0 amide bonds. The third kappa shape index (κ3) is 7.34. The first-order valence-corrected chi connectivity index (χ1v) is 12.9. The molecule has 0 saturated heterocycles. The molecule has 0 bridgehead atoms. The molecule has 0 aliphatic carbocycles. The summed E-state index contributed by atoms with van der Waals surface area (Å²) in [5, 5.41) is 0. The molecule has 0 atom stereocenters. The summed E-state index contributed by atoms with van der Waals surface area (Å²) < 4.78 is 42.9. The van der Waals surface area contributed by atoms with Crippen LogP contribution in [0.4, 0.5) is 0 Å². The van der Waals surface area contributed by atoms with E-state index in [0.717, 1.165) is 46.4 Å². The van der Waals surface area contributed by atoms with Crippen LogP contribution in [-0.2, 0) is 10.1 Å². The molecule has 6 heteroatoms. The van der Waals surface area contributed by atoms with Crippen molar-refractivity contribution in [1.82, 2.24) is 0 Å². The molecule has 5 nitrogen and oxygen atoms in total. The summed E-state index contributed by atoms with van der Waals surface area (Å²) in [6.45, 7) is 7.00. The molecule has 1 N–H and O–H groups in total. The fourth-order valence-corrected chi connectivity index (χ4v) is 3.98. The molecule has 3 aromatic carbocycles. The monoisotopic (exact) mass is 468 g/mol. The van der Waals surface area contributed by atoms with Gasteiger partial charge in [0.1, 0.15) is 11.5 Å². The molecule has 176 valence electrons. The molecule has 0 heterocycles. The van der Waals surface area contributed by atoms with Crippen LogP contribution in [0.5, 0.6) is 11.5 Å². The lowest BCUT2D eigenvalue weighted by Crippen LogP contribution is -2.09. The maximum atomic E-state index is 11.0. The first kappa shape index (κ1) is 24.8. The quantitative estimate of drug-likeness (QED) is 0.258. The predicted molar refractivity (Wildman–Crippen MR) is 134 cm³/mol. The highest BCUT2D eigenvalue weighted by Crippen LogP contribution is 2.37. The Balaban J connectivity index is 1.88. The van der Waals surface area contributed by atoms with E-state index in [-0.39, 0.29) is 18.8 Å². The molecule has 0 aliphatic rings. The van der Waals surface area contributed by atoms with E-state index in [1.165, 1.54) is 5.56 Å². The SMILES string of the molecule is CCCCOc1cc(-c2ccc(-c3ccc(C)cc3)cc2)c(OCCCS(=O)(=O)O)cc1C. The standard InChI is InChI=1S/C27H32O5S/c1-4-5-15-31-26-19-25(27(18-21(26)3)32-16-6-17-33(28,29)30)24-13-11-23(12-14-24)22-9-7-20(2)8-10-22/h7-14,18-19H,4-6,15-17H2,1-3H3,(H,28,29,30). The summed E-state index contributed by atoms with van der Waals surface area (Å²) >= 11 is 0. The zero-order valence-corrected chi connectivity index (χ0v) is 20.3. The van der Waals surface area contributed by atoms with Crippen LogP contribution < -0.4 is 9.47 Å². The van der Waals surface area contributed by atoms with Crippen molar-refractivity contribution in [1.29, 1.82) is 0 Å². The highest BCUT2D eigenvalue weighted by atomic mass is 32.2. The summed E-state index contributed by atoms with van der Waals surface area (Å²) in [7, 11) is -4.00. The number of hydrogen-bond donors (Lipinski definition) is 1. The van der Waals surface area contributed by atoms with Gasteiger partial charge < -0.3 is 9.47 Å². The molecular weight excluding hydrogens is 436 g/mol. The zero-order chi connectivity index (χ0) is 23.8. The van der Waals surface area contributed by atoms with Crippen molar-refractivity contribution in [2.24, 2.45) is 0 Å². The Bertz CT molecular complexity index is 1150. The van der Waals surface area contributed by atoms with Crippen molar-refractivity contribution in [3.63, 3.8) is 0 Å². The fourth-order valence-electron chi connectivity index (χ4n) is 3.50. The van der Waals surface area contributed by atoms with Crippen LogP contribution in [0.15, 0.2) is 60.7 Å². The number of unbranched alkanes of at least 4 members (excludes halogenated alkanes) is 1. The topological polar surface area (TPSA) is 72.8 Å². The van der Waals surface area contributed by atoms with Gasteiger partial charge in [-0.1, -0.05) is 67.4 Å². The Morgan fingerprint density at radius 3 is 1.91 bits per heavy atom. The molecule has 3 rings (SSSR count). The minimum absolute atomic E-state index is 0.184. The summed E-state index contributed by atoms with van der Waals surface area (Å²) in [4.78, 5) is 0. The molecule has 33 heavy (non-hydrogen) atoms. The van der Waals surface area contributed by atoms with Crippen LogP contribution in [-0.4, -0.2) is 31.9 Å². The lowest BCUT2D eigenvalue weighted by molar-refractivity contribution is 0.302. The van der Waals surface area contributed by atoms with E-state index in [9.17, 15) is 8.42 Å². The molecule has 0 aromatic heterocycles. The first-order valence-electron chi connectivity index (χ1n) is 11.3. The number of hydrogen-bond acceptors (Lipinski definition) is 4. The van der Waals surface area contributed by atoms with Crippen LogP contribution in [0.3, 0.4) is 0 Å². The van der Waals surface area contributed by atoms with Gasteiger partial charge in [0.05, 0.1) is 19.0 Å². The largest absolute Gasteiger partial charge is 0.493 e. The second-order valence-corrected chi connectivity index (χ2v) is 9.82. The Morgan fingerprint density at radius 1 is 0.758 bits per heavy atom. The van der Waals surface area contributed by atoms with E-state index in [2.05, 4.69) is 62.4 Å². The molecule has 0 radical (unpaired) electrons. The van der Waals surface area contributed by atoms with E-state index in [0.29, 0.717) is 12.4 Å². The van der Waals surface area contributed by atoms with E-state index in [4.69, 9.17) is 14.0 Å². The van der Waals surface area contributed by atoms with Crippen molar-refractivity contribution in [3.8, 4) is 33.8 Å². The normalized spacial score (nSPS) is 11.4. The van der Waals surface area contributed by atoms with Gasteiger partial charge in [-0.15, -0.1) is 0 Å². The number of rotatable bonds is 11. The maximum absolute atomic E-state index is 11.0. The third-order valence-corrected chi connectivity index (χ3v) is 6.22. The lowest BCUT2D eigenvalue weighted by atomic mass is 9.98. The number of aryl methyl sites for hydroxylation is 2. The van der Waals surface area contributed by atoms with Gasteiger partial charge in [-0.25, -0.2) is 0 Å². The van der Waals surface area contributed by atoms with Gasteiger partial charge in [0, 0.05) is 5.56 Å². The van der Waals surface area contributed by atoms with Gasteiger partial charge in [0.2, 0.25) is 0 Å². The van der Waals surface area contributed by atoms with E-state index in [1.54, 1.807) is 0 Å². The maximum Gasteiger partial charge on any atom is 0.264 e.